The summed E-state index contributed by atoms with van der Waals surface area (Å²) in [6.45, 7) is 5.05. The molecule has 1 rings (SSSR count). The molecule has 3 N–H and O–H groups in total. The highest BCUT2D eigenvalue weighted by Gasteiger charge is 2.08. The van der Waals surface area contributed by atoms with Crippen LogP contribution in [-0.2, 0) is 17.8 Å². The van der Waals surface area contributed by atoms with Gasteiger partial charge in [-0.2, -0.15) is 0 Å². The standard InChI is InChI=1S/C14H22N2O3S/c1-3-11-5-6-12(20-11)9-16-14(19)15-8-10(2)4-7-13(17)18/h5-6,10H,3-4,7-9H2,1-2H3,(H,17,18)(H2,15,16,19). The summed E-state index contributed by atoms with van der Waals surface area (Å²) in [5.74, 6) is -0.643. The van der Waals surface area contributed by atoms with Crippen molar-refractivity contribution in [2.45, 2.75) is 39.7 Å². The minimum absolute atomic E-state index is 0.138. The van der Waals surface area contributed by atoms with Gasteiger partial charge in [0.25, 0.3) is 0 Å². The summed E-state index contributed by atoms with van der Waals surface area (Å²) in [5.41, 5.74) is 0. The zero-order valence-electron chi connectivity index (χ0n) is 11.9. The van der Waals surface area contributed by atoms with Gasteiger partial charge in [0.15, 0.2) is 0 Å². The number of aliphatic carboxylic acids is 1. The first-order valence-electron chi connectivity index (χ1n) is 6.82. The van der Waals surface area contributed by atoms with Crippen molar-refractivity contribution < 1.29 is 14.7 Å². The van der Waals surface area contributed by atoms with Crippen LogP contribution in [0.15, 0.2) is 12.1 Å². The normalized spacial score (nSPS) is 11.9. The van der Waals surface area contributed by atoms with Crippen molar-refractivity contribution in [1.82, 2.24) is 10.6 Å². The number of hydrogen-bond donors (Lipinski definition) is 3. The molecule has 0 spiro atoms. The summed E-state index contributed by atoms with van der Waals surface area (Å²) in [5, 5.41) is 14.1. The fraction of sp³-hybridized carbons (Fsp3) is 0.571. The second kappa shape index (κ2) is 8.58. The van der Waals surface area contributed by atoms with E-state index in [-0.39, 0.29) is 18.4 Å². The van der Waals surface area contributed by atoms with E-state index in [4.69, 9.17) is 5.11 Å². The number of carboxylic acids is 1. The van der Waals surface area contributed by atoms with Crippen LogP contribution in [0.2, 0.25) is 0 Å². The van der Waals surface area contributed by atoms with E-state index < -0.39 is 5.97 Å². The minimum Gasteiger partial charge on any atom is -0.481 e. The van der Waals surface area contributed by atoms with Crippen LogP contribution in [0.25, 0.3) is 0 Å². The molecule has 0 bridgehead atoms. The van der Waals surface area contributed by atoms with Crippen molar-refractivity contribution in [2.75, 3.05) is 6.54 Å². The minimum atomic E-state index is -0.800. The molecule has 1 heterocycles. The van der Waals surface area contributed by atoms with E-state index in [9.17, 15) is 9.59 Å². The van der Waals surface area contributed by atoms with E-state index in [2.05, 4.69) is 23.6 Å². The highest BCUT2D eigenvalue weighted by Crippen LogP contribution is 2.16. The van der Waals surface area contributed by atoms with Crippen molar-refractivity contribution in [3.8, 4) is 0 Å². The van der Waals surface area contributed by atoms with E-state index in [0.29, 0.717) is 19.5 Å². The lowest BCUT2D eigenvalue weighted by molar-refractivity contribution is -0.137. The zero-order chi connectivity index (χ0) is 15.0. The van der Waals surface area contributed by atoms with Gasteiger partial charge in [-0.15, -0.1) is 11.3 Å². The maximum atomic E-state index is 11.6. The number of aryl methyl sites for hydroxylation is 1. The number of nitrogens with one attached hydrogen (secondary N) is 2. The number of urea groups is 1. The summed E-state index contributed by atoms with van der Waals surface area (Å²) in [7, 11) is 0. The molecule has 0 radical (unpaired) electrons. The average molecular weight is 298 g/mol. The lowest BCUT2D eigenvalue weighted by atomic mass is 10.1. The molecule has 20 heavy (non-hydrogen) atoms. The van der Waals surface area contributed by atoms with Crippen LogP contribution in [-0.4, -0.2) is 23.7 Å². The molecule has 5 nitrogen and oxygen atoms in total. The molecular weight excluding hydrogens is 276 g/mol. The van der Waals surface area contributed by atoms with E-state index in [1.165, 1.54) is 4.88 Å². The summed E-state index contributed by atoms with van der Waals surface area (Å²) < 4.78 is 0. The summed E-state index contributed by atoms with van der Waals surface area (Å²) in [6.07, 6.45) is 1.72. The number of hydrogen-bond acceptors (Lipinski definition) is 3. The van der Waals surface area contributed by atoms with Gasteiger partial charge in [0.2, 0.25) is 0 Å². The molecule has 0 aliphatic heterocycles. The molecule has 1 atom stereocenters. The van der Waals surface area contributed by atoms with Gasteiger partial charge < -0.3 is 15.7 Å². The summed E-state index contributed by atoms with van der Waals surface area (Å²) >= 11 is 1.70. The smallest absolute Gasteiger partial charge is 0.315 e. The van der Waals surface area contributed by atoms with Crippen LogP contribution < -0.4 is 10.6 Å². The predicted octanol–water partition coefficient (Wildman–Crippen LogP) is 2.61. The van der Waals surface area contributed by atoms with Crippen LogP contribution in [0.3, 0.4) is 0 Å². The fourth-order valence-corrected chi connectivity index (χ4v) is 2.57. The molecule has 1 aromatic rings. The summed E-state index contributed by atoms with van der Waals surface area (Å²) in [6, 6.07) is 3.89. The Hall–Kier alpha value is -1.56. The maximum absolute atomic E-state index is 11.6. The van der Waals surface area contributed by atoms with Gasteiger partial charge >= 0.3 is 12.0 Å². The highest BCUT2D eigenvalue weighted by atomic mass is 32.1. The van der Waals surface area contributed by atoms with Crippen LogP contribution in [0.5, 0.6) is 0 Å². The molecule has 0 saturated heterocycles. The van der Waals surface area contributed by atoms with Crippen molar-refractivity contribution in [1.29, 1.82) is 0 Å². The van der Waals surface area contributed by atoms with Gasteiger partial charge in [-0.25, -0.2) is 4.79 Å². The van der Waals surface area contributed by atoms with Gasteiger partial charge in [-0.05, 0) is 30.9 Å². The first kappa shape index (κ1) is 16.5. The Bertz CT molecular complexity index is 445. The number of carbonyl (C=O) groups excluding carboxylic acids is 1. The number of carboxylic acid groups (broad SMARTS) is 1. The summed E-state index contributed by atoms with van der Waals surface area (Å²) in [4.78, 5) is 24.5. The van der Waals surface area contributed by atoms with Crippen molar-refractivity contribution >= 4 is 23.3 Å². The predicted molar refractivity (Wildman–Crippen MR) is 80.0 cm³/mol. The van der Waals surface area contributed by atoms with Crippen molar-refractivity contribution in [3.63, 3.8) is 0 Å². The molecule has 0 fully saturated rings. The van der Waals surface area contributed by atoms with E-state index >= 15 is 0 Å². The quantitative estimate of drug-likeness (QED) is 0.690. The Morgan fingerprint density at radius 1 is 1.30 bits per heavy atom. The first-order chi connectivity index (χ1) is 9.51. The molecule has 1 aromatic heterocycles. The lowest BCUT2D eigenvalue weighted by Gasteiger charge is -2.12. The molecule has 0 aliphatic carbocycles. The Balaban J connectivity index is 2.18. The van der Waals surface area contributed by atoms with Crippen LogP contribution >= 0.6 is 11.3 Å². The Morgan fingerprint density at radius 3 is 2.60 bits per heavy atom. The fourth-order valence-electron chi connectivity index (χ4n) is 1.68. The molecule has 2 amide bonds. The Morgan fingerprint density at radius 2 is 2.00 bits per heavy atom. The van der Waals surface area contributed by atoms with E-state index in [1.807, 2.05) is 13.0 Å². The van der Waals surface area contributed by atoms with Crippen LogP contribution in [0.1, 0.15) is 36.4 Å². The number of carbonyl (C=O) groups is 2. The SMILES string of the molecule is CCc1ccc(CNC(=O)NCC(C)CCC(=O)O)s1. The van der Waals surface area contributed by atoms with Gasteiger partial charge in [0.05, 0.1) is 6.54 Å². The molecular formula is C14H22N2O3S. The van der Waals surface area contributed by atoms with Crippen LogP contribution in [0.4, 0.5) is 4.79 Å². The third kappa shape index (κ3) is 6.56. The third-order valence-electron chi connectivity index (χ3n) is 2.95. The van der Waals surface area contributed by atoms with Gasteiger partial charge in [0.1, 0.15) is 0 Å². The largest absolute Gasteiger partial charge is 0.481 e. The van der Waals surface area contributed by atoms with E-state index in [1.54, 1.807) is 11.3 Å². The van der Waals surface area contributed by atoms with Gasteiger partial charge in [-0.3, -0.25) is 4.79 Å². The highest BCUT2D eigenvalue weighted by molar-refractivity contribution is 7.11. The van der Waals surface area contributed by atoms with Crippen LogP contribution in [0, 0.1) is 5.92 Å². The number of amides is 2. The number of thiophene rings is 1. The average Bonchev–Trinajstić information content (AvgIpc) is 2.88. The molecule has 6 heteroatoms. The Kier molecular flexibility index (Phi) is 7.08. The molecule has 0 aliphatic rings. The number of rotatable bonds is 8. The van der Waals surface area contributed by atoms with Crippen molar-refractivity contribution in [3.05, 3.63) is 21.9 Å². The van der Waals surface area contributed by atoms with Crippen molar-refractivity contribution in [2.24, 2.45) is 5.92 Å². The van der Waals surface area contributed by atoms with Gasteiger partial charge in [0, 0.05) is 22.7 Å². The molecule has 0 saturated carbocycles. The second-order valence-electron chi connectivity index (χ2n) is 4.82. The molecule has 1 unspecified atom stereocenters. The Labute approximate surface area is 123 Å². The maximum Gasteiger partial charge on any atom is 0.315 e. The topological polar surface area (TPSA) is 78.4 Å². The monoisotopic (exact) mass is 298 g/mol. The molecule has 0 aromatic carbocycles. The lowest BCUT2D eigenvalue weighted by Crippen LogP contribution is -2.37. The zero-order valence-corrected chi connectivity index (χ0v) is 12.8. The van der Waals surface area contributed by atoms with E-state index in [0.717, 1.165) is 11.3 Å². The molecule has 112 valence electrons. The third-order valence-corrected chi connectivity index (χ3v) is 4.18. The van der Waals surface area contributed by atoms with Gasteiger partial charge in [-0.1, -0.05) is 13.8 Å². The second-order valence-corrected chi connectivity index (χ2v) is 6.08. The first-order valence-corrected chi connectivity index (χ1v) is 7.64.